The molecule has 3 heterocycles. The van der Waals surface area contributed by atoms with E-state index in [1.807, 2.05) is 0 Å². The number of benzene rings is 3. The van der Waals surface area contributed by atoms with Crippen molar-refractivity contribution < 1.29 is 32.6 Å². The lowest BCUT2D eigenvalue weighted by Gasteiger charge is -2.23. The third kappa shape index (κ3) is 4.72. The number of aliphatic imine (C=N–C) groups is 1. The van der Waals surface area contributed by atoms with Crippen LogP contribution in [0.15, 0.2) is 71.7 Å². The second kappa shape index (κ2) is 10.5. The number of rotatable bonds is 5. The van der Waals surface area contributed by atoms with Gasteiger partial charge in [-0.3, -0.25) is 9.59 Å². The van der Waals surface area contributed by atoms with Gasteiger partial charge in [-0.15, -0.1) is 0 Å². The summed E-state index contributed by atoms with van der Waals surface area (Å²) >= 11 is 0. The molecule has 0 unspecified atom stereocenters. The van der Waals surface area contributed by atoms with Gasteiger partial charge in [-0.25, -0.2) is 22.8 Å². The Morgan fingerprint density at radius 3 is 2.46 bits per heavy atom. The van der Waals surface area contributed by atoms with Crippen molar-refractivity contribution in [3.05, 3.63) is 101 Å². The van der Waals surface area contributed by atoms with Crippen LogP contribution in [0.1, 0.15) is 27.9 Å². The number of amides is 2. The van der Waals surface area contributed by atoms with Gasteiger partial charge in [0.2, 0.25) is 12.0 Å². The van der Waals surface area contributed by atoms with E-state index < -0.39 is 47.1 Å². The van der Waals surface area contributed by atoms with E-state index in [0.29, 0.717) is 17.5 Å². The van der Waals surface area contributed by atoms with Crippen LogP contribution >= 0.6 is 0 Å². The average Bonchev–Trinajstić information content (AvgIpc) is 3.27. The van der Waals surface area contributed by atoms with Crippen molar-refractivity contribution in [2.24, 2.45) is 4.99 Å². The van der Waals surface area contributed by atoms with Gasteiger partial charge in [-0.1, -0.05) is 48.5 Å². The van der Waals surface area contributed by atoms with Gasteiger partial charge < -0.3 is 20.5 Å². The molecule has 0 saturated carbocycles. The predicted molar refractivity (Wildman–Crippen MR) is 142 cm³/mol. The number of para-hydroxylation sites is 1. The fourth-order valence-corrected chi connectivity index (χ4v) is 4.85. The van der Waals surface area contributed by atoms with Crippen LogP contribution in [-0.2, 0) is 11.3 Å². The Labute approximate surface area is 231 Å². The van der Waals surface area contributed by atoms with E-state index in [4.69, 9.17) is 4.74 Å². The SMILES string of the molecule is O=C(N[C@H]1N=C(c2ccccc2)c2cccc(F)c2NC1=O)c1c(-c2c(F)cccc2F)nn2c1O[C@@H](CO)CC2. The Kier molecular flexibility index (Phi) is 6.75. The maximum absolute atomic E-state index is 14.9. The van der Waals surface area contributed by atoms with E-state index in [1.54, 1.807) is 36.4 Å². The molecule has 0 bridgehead atoms. The minimum Gasteiger partial charge on any atom is -0.471 e. The van der Waals surface area contributed by atoms with Crippen LogP contribution in [0.4, 0.5) is 18.9 Å². The molecule has 6 rings (SSSR count). The van der Waals surface area contributed by atoms with Crippen molar-refractivity contribution in [2.45, 2.75) is 25.2 Å². The maximum atomic E-state index is 14.9. The molecule has 12 heteroatoms. The number of aliphatic hydroxyl groups is 1. The Hall–Kier alpha value is -4.97. The summed E-state index contributed by atoms with van der Waals surface area (Å²) in [5, 5.41) is 18.9. The summed E-state index contributed by atoms with van der Waals surface area (Å²) in [6.07, 6.45) is -1.92. The number of ether oxygens (including phenoxy) is 1. The van der Waals surface area contributed by atoms with Gasteiger partial charge in [0.1, 0.15) is 34.8 Å². The number of anilines is 1. The molecule has 2 aliphatic heterocycles. The minimum atomic E-state index is -1.57. The van der Waals surface area contributed by atoms with E-state index in [-0.39, 0.29) is 41.7 Å². The Morgan fingerprint density at radius 1 is 1.02 bits per heavy atom. The van der Waals surface area contributed by atoms with Gasteiger partial charge in [0.25, 0.3) is 11.8 Å². The van der Waals surface area contributed by atoms with Crippen LogP contribution in [0.5, 0.6) is 5.88 Å². The number of fused-ring (bicyclic) bond motifs is 2. The fourth-order valence-electron chi connectivity index (χ4n) is 4.85. The second-order valence-corrected chi connectivity index (χ2v) is 9.43. The first-order valence-electron chi connectivity index (χ1n) is 12.7. The second-order valence-electron chi connectivity index (χ2n) is 9.43. The molecule has 2 atom stereocenters. The highest BCUT2D eigenvalue weighted by molar-refractivity contribution is 6.20. The molecule has 3 aromatic carbocycles. The topological polar surface area (TPSA) is 118 Å². The van der Waals surface area contributed by atoms with Crippen LogP contribution in [0.25, 0.3) is 11.3 Å². The van der Waals surface area contributed by atoms with Crippen molar-refractivity contribution >= 4 is 23.2 Å². The molecule has 0 fully saturated rings. The fraction of sp³-hybridized carbons (Fsp3) is 0.172. The summed E-state index contributed by atoms with van der Waals surface area (Å²) in [7, 11) is 0. The third-order valence-electron chi connectivity index (χ3n) is 6.82. The van der Waals surface area contributed by atoms with Gasteiger partial charge >= 0.3 is 0 Å². The van der Waals surface area contributed by atoms with Gasteiger partial charge in [-0.2, -0.15) is 5.10 Å². The minimum absolute atomic E-state index is 0.108. The Morgan fingerprint density at radius 2 is 1.73 bits per heavy atom. The lowest BCUT2D eigenvalue weighted by Crippen LogP contribution is -2.43. The normalized spacial score (nSPS) is 17.9. The summed E-state index contributed by atoms with van der Waals surface area (Å²) in [4.78, 5) is 31.6. The molecular weight excluding hydrogens is 539 g/mol. The first kappa shape index (κ1) is 26.3. The van der Waals surface area contributed by atoms with Crippen molar-refractivity contribution in [1.29, 1.82) is 0 Å². The highest BCUT2D eigenvalue weighted by atomic mass is 19.1. The smallest absolute Gasteiger partial charge is 0.269 e. The van der Waals surface area contributed by atoms with Crippen molar-refractivity contribution in [2.75, 3.05) is 11.9 Å². The van der Waals surface area contributed by atoms with Gasteiger partial charge in [0, 0.05) is 24.1 Å². The number of carbonyl (C=O) groups is 2. The van der Waals surface area contributed by atoms with Crippen molar-refractivity contribution in [1.82, 2.24) is 15.1 Å². The predicted octanol–water partition coefficient (Wildman–Crippen LogP) is 3.66. The number of carbonyl (C=O) groups excluding carboxylic acids is 2. The standard InChI is InChI=1S/C29H22F3N5O4/c30-18-9-5-10-19(31)21(18)25-22(29-37(36-25)13-12-16(14-38)41-29)27(39)35-26-28(40)34-24-17(8-4-11-20(24)32)23(33-26)15-6-2-1-3-7-15/h1-11,16,26,38H,12-14H2,(H,34,40)(H,35,39)/t16-,26-/m1/s1. The van der Waals surface area contributed by atoms with Crippen LogP contribution in [0.3, 0.4) is 0 Å². The van der Waals surface area contributed by atoms with E-state index >= 15 is 0 Å². The molecule has 208 valence electrons. The summed E-state index contributed by atoms with van der Waals surface area (Å²) in [6, 6.07) is 16.2. The first-order valence-corrected chi connectivity index (χ1v) is 12.7. The van der Waals surface area contributed by atoms with Crippen LogP contribution < -0.4 is 15.4 Å². The lowest BCUT2D eigenvalue weighted by atomic mass is 10.0. The Bertz CT molecular complexity index is 1690. The average molecular weight is 562 g/mol. The summed E-state index contributed by atoms with van der Waals surface area (Å²) in [6.45, 7) is -0.166. The zero-order valence-corrected chi connectivity index (χ0v) is 21.3. The van der Waals surface area contributed by atoms with Crippen LogP contribution in [-0.4, -0.2) is 51.3 Å². The molecule has 0 spiro atoms. The van der Waals surface area contributed by atoms with Gasteiger partial charge in [0.15, 0.2) is 0 Å². The summed E-state index contributed by atoms with van der Waals surface area (Å²) in [5.74, 6) is -4.56. The molecule has 2 amide bonds. The third-order valence-corrected chi connectivity index (χ3v) is 6.82. The summed E-state index contributed by atoms with van der Waals surface area (Å²) in [5.41, 5.74) is -0.266. The quantitative estimate of drug-likeness (QED) is 0.344. The number of benzodiazepines with no additional fused rings is 1. The van der Waals surface area contributed by atoms with Gasteiger partial charge in [-0.05, 0) is 18.2 Å². The number of hydrogen-bond acceptors (Lipinski definition) is 6. The van der Waals surface area contributed by atoms with Crippen LogP contribution in [0.2, 0.25) is 0 Å². The molecule has 4 aromatic rings. The number of aliphatic hydroxyl groups excluding tert-OH is 1. The van der Waals surface area contributed by atoms with E-state index in [0.717, 1.165) is 12.1 Å². The molecule has 3 N–H and O–H groups in total. The molecule has 0 saturated heterocycles. The first-order chi connectivity index (χ1) is 19.9. The zero-order valence-electron chi connectivity index (χ0n) is 21.3. The number of nitrogens with one attached hydrogen (secondary N) is 2. The zero-order chi connectivity index (χ0) is 28.7. The van der Waals surface area contributed by atoms with E-state index in [2.05, 4.69) is 20.7 Å². The van der Waals surface area contributed by atoms with Crippen molar-refractivity contribution in [3.8, 4) is 17.1 Å². The highest BCUT2D eigenvalue weighted by Gasteiger charge is 2.36. The molecule has 9 nitrogen and oxygen atoms in total. The molecule has 41 heavy (non-hydrogen) atoms. The number of aromatic nitrogens is 2. The highest BCUT2D eigenvalue weighted by Crippen LogP contribution is 2.36. The molecular formula is C29H22F3N5O4. The Balaban J connectivity index is 1.46. The number of hydrogen-bond donors (Lipinski definition) is 3. The molecule has 1 aromatic heterocycles. The molecule has 0 aliphatic carbocycles. The van der Waals surface area contributed by atoms with E-state index in [1.165, 1.54) is 22.9 Å². The summed E-state index contributed by atoms with van der Waals surface area (Å²) < 4.78 is 51.6. The molecule has 0 radical (unpaired) electrons. The lowest BCUT2D eigenvalue weighted by molar-refractivity contribution is -0.117. The molecule has 2 aliphatic rings. The van der Waals surface area contributed by atoms with Crippen molar-refractivity contribution in [3.63, 3.8) is 0 Å². The van der Waals surface area contributed by atoms with Crippen LogP contribution in [0, 0.1) is 17.5 Å². The number of nitrogens with zero attached hydrogens (tertiary/aromatic N) is 3. The number of aryl methyl sites for hydroxylation is 1. The maximum Gasteiger partial charge on any atom is 0.269 e. The number of halogens is 3. The monoisotopic (exact) mass is 561 g/mol. The largest absolute Gasteiger partial charge is 0.471 e. The van der Waals surface area contributed by atoms with E-state index in [9.17, 15) is 27.9 Å². The van der Waals surface area contributed by atoms with Gasteiger partial charge in [0.05, 0.1) is 23.6 Å².